The Hall–Kier alpha value is -1.11. The Morgan fingerprint density at radius 2 is 1.85 bits per heavy atom. The summed E-state index contributed by atoms with van der Waals surface area (Å²) in [6.45, 7) is 3.14. The Labute approximate surface area is 121 Å². The monoisotopic (exact) mass is 297 g/mol. The van der Waals surface area contributed by atoms with Crippen LogP contribution in [0.1, 0.15) is 19.3 Å². The molecule has 2 rings (SSSR count). The molecule has 0 radical (unpaired) electrons. The van der Waals surface area contributed by atoms with Gasteiger partial charge < -0.3 is 10.2 Å². The number of nitrogens with zero attached hydrogens (tertiary/aromatic N) is 1. The molecule has 1 aromatic carbocycles. The van der Waals surface area contributed by atoms with Crippen molar-refractivity contribution in [1.82, 2.24) is 5.32 Å². The molecule has 0 saturated carbocycles. The van der Waals surface area contributed by atoms with E-state index in [0.717, 1.165) is 31.2 Å². The molecule has 1 aliphatic heterocycles. The summed E-state index contributed by atoms with van der Waals surface area (Å²) in [5.41, 5.74) is 1.07. The fourth-order valence-electron chi connectivity index (χ4n) is 2.67. The third-order valence-corrected chi connectivity index (χ3v) is 4.88. The van der Waals surface area contributed by atoms with Crippen LogP contribution in [0, 0.1) is 5.92 Å². The van der Waals surface area contributed by atoms with Crippen LogP contribution in [-0.4, -0.2) is 35.1 Å². The normalized spacial score (nSPS) is 17.4. The molecule has 0 aromatic heterocycles. The first-order valence-corrected chi connectivity index (χ1v) is 8.58. The fourth-order valence-corrected chi connectivity index (χ4v) is 3.19. The second-order valence-electron chi connectivity index (χ2n) is 5.36. The van der Waals surface area contributed by atoms with E-state index in [1.165, 1.54) is 19.3 Å². The van der Waals surface area contributed by atoms with Crippen molar-refractivity contribution in [3.8, 4) is 0 Å². The van der Waals surface area contributed by atoms with Gasteiger partial charge in [-0.1, -0.05) is 0 Å². The molecule has 112 valence electrons. The van der Waals surface area contributed by atoms with E-state index in [4.69, 9.17) is 5.14 Å². The summed E-state index contributed by atoms with van der Waals surface area (Å²) in [6, 6.07) is 6.84. The standard InChI is InChI=1S/C14H23N3O2S/c1-16-9-6-12-7-10-17(11-8-12)13-2-4-14(5-3-13)20(15,18)19/h2-5,12,16H,6-11H2,1H3,(H2,15,18,19). The predicted molar refractivity (Wildman–Crippen MR) is 81.3 cm³/mol. The molecule has 1 aliphatic rings. The summed E-state index contributed by atoms with van der Waals surface area (Å²) >= 11 is 0. The number of benzene rings is 1. The molecule has 20 heavy (non-hydrogen) atoms. The highest BCUT2D eigenvalue weighted by Crippen LogP contribution is 2.25. The van der Waals surface area contributed by atoms with E-state index in [9.17, 15) is 8.42 Å². The van der Waals surface area contributed by atoms with Gasteiger partial charge in [-0.3, -0.25) is 0 Å². The SMILES string of the molecule is CNCCC1CCN(c2ccc(S(N)(=O)=O)cc2)CC1. The zero-order valence-corrected chi connectivity index (χ0v) is 12.7. The molecule has 0 bridgehead atoms. The van der Waals surface area contributed by atoms with Crippen molar-refractivity contribution < 1.29 is 8.42 Å². The van der Waals surface area contributed by atoms with E-state index in [2.05, 4.69) is 10.2 Å². The van der Waals surface area contributed by atoms with E-state index in [1.807, 2.05) is 19.2 Å². The largest absolute Gasteiger partial charge is 0.372 e. The molecule has 1 fully saturated rings. The molecule has 5 nitrogen and oxygen atoms in total. The number of rotatable bonds is 5. The maximum atomic E-state index is 11.2. The number of nitrogens with one attached hydrogen (secondary N) is 1. The number of anilines is 1. The van der Waals surface area contributed by atoms with Crippen molar-refractivity contribution in [2.24, 2.45) is 11.1 Å². The molecule has 1 saturated heterocycles. The number of piperidine rings is 1. The zero-order valence-electron chi connectivity index (χ0n) is 11.9. The van der Waals surface area contributed by atoms with Gasteiger partial charge >= 0.3 is 0 Å². The number of nitrogens with two attached hydrogens (primary N) is 1. The van der Waals surface area contributed by atoms with Gasteiger partial charge in [0.05, 0.1) is 4.90 Å². The third kappa shape index (κ3) is 3.94. The zero-order chi connectivity index (χ0) is 14.6. The van der Waals surface area contributed by atoms with Crippen LogP contribution in [0.15, 0.2) is 29.2 Å². The van der Waals surface area contributed by atoms with E-state index in [0.29, 0.717) is 0 Å². The highest BCUT2D eigenvalue weighted by Gasteiger charge is 2.19. The van der Waals surface area contributed by atoms with E-state index >= 15 is 0 Å². The number of hydrogen-bond donors (Lipinski definition) is 2. The molecule has 0 atom stereocenters. The molecule has 6 heteroatoms. The first-order chi connectivity index (χ1) is 9.50. The average Bonchev–Trinajstić information content (AvgIpc) is 2.45. The van der Waals surface area contributed by atoms with E-state index < -0.39 is 10.0 Å². The minimum absolute atomic E-state index is 0.171. The minimum Gasteiger partial charge on any atom is -0.372 e. The second-order valence-corrected chi connectivity index (χ2v) is 6.92. The van der Waals surface area contributed by atoms with Crippen LogP contribution in [-0.2, 0) is 10.0 Å². The Morgan fingerprint density at radius 3 is 2.35 bits per heavy atom. The highest BCUT2D eigenvalue weighted by atomic mass is 32.2. The Balaban J connectivity index is 1.94. The molecule has 0 aliphatic carbocycles. The fraction of sp³-hybridized carbons (Fsp3) is 0.571. The summed E-state index contributed by atoms with van der Waals surface area (Å²) in [5.74, 6) is 0.794. The second kappa shape index (κ2) is 6.56. The van der Waals surface area contributed by atoms with Gasteiger partial charge in [-0.2, -0.15) is 0 Å². The van der Waals surface area contributed by atoms with Crippen molar-refractivity contribution in [2.45, 2.75) is 24.2 Å². The lowest BCUT2D eigenvalue weighted by Gasteiger charge is -2.33. The van der Waals surface area contributed by atoms with Gasteiger partial charge in [-0.05, 0) is 63.0 Å². The van der Waals surface area contributed by atoms with Crippen LogP contribution < -0.4 is 15.4 Å². The molecule has 1 heterocycles. The van der Waals surface area contributed by atoms with Crippen LogP contribution in [0.25, 0.3) is 0 Å². The Morgan fingerprint density at radius 1 is 1.25 bits per heavy atom. The van der Waals surface area contributed by atoms with Crippen LogP contribution in [0.5, 0.6) is 0 Å². The van der Waals surface area contributed by atoms with E-state index in [1.54, 1.807) is 12.1 Å². The molecule has 0 spiro atoms. The topological polar surface area (TPSA) is 75.4 Å². The van der Waals surface area contributed by atoms with Crippen molar-refractivity contribution >= 4 is 15.7 Å². The number of sulfonamides is 1. The summed E-state index contributed by atoms with van der Waals surface area (Å²) in [6.07, 6.45) is 3.62. The smallest absolute Gasteiger partial charge is 0.238 e. The lowest BCUT2D eigenvalue weighted by molar-refractivity contribution is 0.378. The van der Waals surface area contributed by atoms with Crippen molar-refractivity contribution in [1.29, 1.82) is 0 Å². The van der Waals surface area contributed by atoms with Gasteiger partial charge in [0.25, 0.3) is 0 Å². The van der Waals surface area contributed by atoms with Crippen LogP contribution in [0.2, 0.25) is 0 Å². The van der Waals surface area contributed by atoms with Gasteiger partial charge in [-0.15, -0.1) is 0 Å². The average molecular weight is 297 g/mol. The first-order valence-electron chi connectivity index (χ1n) is 7.03. The number of primary sulfonamides is 1. The van der Waals surface area contributed by atoms with Gasteiger partial charge in [0.1, 0.15) is 0 Å². The summed E-state index contributed by atoms with van der Waals surface area (Å²) in [7, 11) is -1.61. The maximum Gasteiger partial charge on any atom is 0.238 e. The van der Waals surface area contributed by atoms with Gasteiger partial charge in [0.2, 0.25) is 10.0 Å². The lowest BCUT2D eigenvalue weighted by atomic mass is 9.93. The highest BCUT2D eigenvalue weighted by molar-refractivity contribution is 7.89. The molecular formula is C14H23N3O2S. The van der Waals surface area contributed by atoms with Gasteiger partial charge in [0, 0.05) is 18.8 Å². The molecular weight excluding hydrogens is 274 g/mol. The molecule has 0 amide bonds. The molecule has 3 N–H and O–H groups in total. The summed E-state index contributed by atoms with van der Waals surface area (Å²) < 4.78 is 22.4. The van der Waals surface area contributed by atoms with Crippen LogP contribution >= 0.6 is 0 Å². The summed E-state index contributed by atoms with van der Waals surface area (Å²) in [4.78, 5) is 2.48. The Kier molecular flexibility index (Phi) is 5.01. The van der Waals surface area contributed by atoms with Crippen LogP contribution in [0.3, 0.4) is 0 Å². The minimum atomic E-state index is -3.59. The molecule has 1 aromatic rings. The van der Waals surface area contributed by atoms with Crippen molar-refractivity contribution in [2.75, 3.05) is 31.6 Å². The summed E-state index contributed by atoms with van der Waals surface area (Å²) in [5, 5.41) is 8.30. The van der Waals surface area contributed by atoms with Gasteiger partial charge in [0.15, 0.2) is 0 Å². The first kappa shape index (κ1) is 15.3. The Bertz CT molecular complexity index is 520. The van der Waals surface area contributed by atoms with Crippen molar-refractivity contribution in [3.05, 3.63) is 24.3 Å². The number of hydrogen-bond acceptors (Lipinski definition) is 4. The van der Waals surface area contributed by atoms with E-state index in [-0.39, 0.29) is 4.90 Å². The van der Waals surface area contributed by atoms with Crippen molar-refractivity contribution in [3.63, 3.8) is 0 Å². The maximum absolute atomic E-state index is 11.2. The predicted octanol–water partition coefficient (Wildman–Crippen LogP) is 1.16. The molecule has 0 unspecified atom stereocenters. The quantitative estimate of drug-likeness (QED) is 0.855. The van der Waals surface area contributed by atoms with Gasteiger partial charge in [-0.25, -0.2) is 13.6 Å². The lowest BCUT2D eigenvalue weighted by Crippen LogP contribution is -2.34. The third-order valence-electron chi connectivity index (χ3n) is 3.95. The van der Waals surface area contributed by atoms with Crippen LogP contribution in [0.4, 0.5) is 5.69 Å².